The minimum Gasteiger partial charge on any atom is -0.369 e. The lowest BCUT2D eigenvalue weighted by molar-refractivity contribution is -0.179. The van der Waals surface area contributed by atoms with E-state index in [1.54, 1.807) is 11.0 Å². The Balaban J connectivity index is 1.34. The molecule has 0 bridgehead atoms. The number of anilines is 3. The molecule has 4 rings (SSSR count). The zero-order valence-corrected chi connectivity index (χ0v) is 19.3. The third kappa shape index (κ3) is 6.04. The Morgan fingerprint density at radius 1 is 1.14 bits per heavy atom. The van der Waals surface area contributed by atoms with Crippen LogP contribution >= 0.6 is 0 Å². The van der Waals surface area contributed by atoms with Crippen LogP contribution in [0.15, 0.2) is 36.4 Å². The molecule has 2 aromatic rings. The van der Waals surface area contributed by atoms with Gasteiger partial charge < -0.3 is 20.9 Å². The van der Waals surface area contributed by atoms with E-state index in [-0.39, 0.29) is 50.1 Å². The minimum absolute atomic E-state index is 0.0372. The van der Waals surface area contributed by atoms with Gasteiger partial charge in [0.15, 0.2) is 0 Å². The summed E-state index contributed by atoms with van der Waals surface area (Å²) in [5.74, 6) is -2.45. The smallest absolute Gasteiger partial charge is 0.369 e. The van der Waals surface area contributed by atoms with E-state index in [1.165, 1.54) is 6.07 Å². The van der Waals surface area contributed by atoms with Crippen LogP contribution in [0.5, 0.6) is 0 Å². The molecule has 2 amide bonds. The molecule has 0 spiro atoms. The standard InChI is InChI=1S/C25H28F4N4O2/c1-15-10-22(33-8-6-18(7-9-33)25(27,28)29)20(26)12-21(15)32-19-4-2-16(3-5-19)13-31-24(35)17-11-23(34)30-14-17/h2-5,10,12,17-18,32H,6-9,11,13-14H2,1H3,(H,30,34)(H,31,35). The summed E-state index contributed by atoms with van der Waals surface area (Å²) in [5.41, 5.74) is 3.26. The van der Waals surface area contributed by atoms with Crippen molar-refractivity contribution in [2.75, 3.05) is 29.9 Å². The van der Waals surface area contributed by atoms with Gasteiger partial charge in [-0.25, -0.2) is 4.39 Å². The second-order valence-electron chi connectivity index (χ2n) is 9.17. The van der Waals surface area contributed by atoms with Crippen LogP contribution in [0.2, 0.25) is 0 Å². The van der Waals surface area contributed by atoms with Gasteiger partial charge in [-0.3, -0.25) is 9.59 Å². The Labute approximate surface area is 201 Å². The second kappa shape index (κ2) is 10.1. The highest BCUT2D eigenvalue weighted by atomic mass is 19.4. The van der Waals surface area contributed by atoms with Gasteiger partial charge in [0, 0.05) is 44.0 Å². The predicted octanol–water partition coefficient (Wildman–Crippen LogP) is 4.41. The van der Waals surface area contributed by atoms with Gasteiger partial charge in [0.2, 0.25) is 11.8 Å². The fourth-order valence-corrected chi connectivity index (χ4v) is 4.48. The SMILES string of the molecule is Cc1cc(N2CCC(C(F)(F)F)CC2)c(F)cc1Nc1ccc(CNC(=O)C2CNC(=O)C2)cc1. The number of piperidine rings is 1. The first kappa shape index (κ1) is 24.8. The van der Waals surface area contributed by atoms with Crippen LogP contribution in [0.3, 0.4) is 0 Å². The Morgan fingerprint density at radius 3 is 2.43 bits per heavy atom. The summed E-state index contributed by atoms with van der Waals surface area (Å²) >= 11 is 0. The summed E-state index contributed by atoms with van der Waals surface area (Å²) in [6.07, 6.45) is -4.08. The lowest BCUT2D eigenvalue weighted by atomic mass is 9.95. The lowest BCUT2D eigenvalue weighted by Crippen LogP contribution is -2.39. The number of rotatable bonds is 6. The number of amides is 2. The Hall–Kier alpha value is -3.30. The molecule has 0 aromatic heterocycles. The quantitative estimate of drug-likeness (QED) is 0.523. The molecule has 6 nitrogen and oxygen atoms in total. The van der Waals surface area contributed by atoms with E-state index in [0.717, 1.165) is 16.8 Å². The van der Waals surface area contributed by atoms with Crippen molar-refractivity contribution >= 4 is 28.9 Å². The van der Waals surface area contributed by atoms with Crippen LogP contribution in [0.25, 0.3) is 0 Å². The molecule has 2 aliphatic heterocycles. The topological polar surface area (TPSA) is 73.5 Å². The van der Waals surface area contributed by atoms with E-state index in [1.807, 2.05) is 31.2 Å². The molecule has 0 aliphatic carbocycles. The van der Waals surface area contributed by atoms with Gasteiger partial charge in [-0.05, 0) is 55.2 Å². The van der Waals surface area contributed by atoms with Crippen LogP contribution in [0, 0.1) is 24.6 Å². The van der Waals surface area contributed by atoms with E-state index in [2.05, 4.69) is 16.0 Å². The van der Waals surface area contributed by atoms with E-state index in [0.29, 0.717) is 24.5 Å². The maximum atomic E-state index is 14.9. The molecule has 0 radical (unpaired) electrons. The third-order valence-corrected chi connectivity index (χ3v) is 6.64. The number of carbonyl (C=O) groups is 2. The summed E-state index contributed by atoms with van der Waals surface area (Å²) in [7, 11) is 0. The Morgan fingerprint density at radius 2 is 1.83 bits per heavy atom. The molecule has 2 fully saturated rings. The van der Waals surface area contributed by atoms with Crippen molar-refractivity contribution < 1.29 is 27.2 Å². The average molecular weight is 493 g/mol. The molecule has 2 aromatic carbocycles. The second-order valence-corrected chi connectivity index (χ2v) is 9.17. The molecule has 0 saturated carbocycles. The number of alkyl halides is 3. The van der Waals surface area contributed by atoms with E-state index in [4.69, 9.17) is 0 Å². The van der Waals surface area contributed by atoms with Crippen LogP contribution in [0.4, 0.5) is 34.6 Å². The van der Waals surface area contributed by atoms with Crippen LogP contribution in [0.1, 0.15) is 30.4 Å². The molecule has 188 valence electrons. The summed E-state index contributed by atoms with van der Waals surface area (Å²) in [6, 6.07) is 10.3. The number of halogens is 4. The molecule has 35 heavy (non-hydrogen) atoms. The number of carbonyl (C=O) groups excluding carboxylic acids is 2. The molecule has 10 heteroatoms. The number of hydrogen-bond acceptors (Lipinski definition) is 4. The Kier molecular flexibility index (Phi) is 7.18. The summed E-state index contributed by atoms with van der Waals surface area (Å²) < 4.78 is 53.6. The molecule has 2 aliphatic rings. The molecule has 1 atom stereocenters. The minimum atomic E-state index is -4.21. The number of hydrogen-bond donors (Lipinski definition) is 3. The number of aryl methyl sites for hydroxylation is 1. The van der Waals surface area contributed by atoms with Crippen molar-refractivity contribution in [3.63, 3.8) is 0 Å². The molecular formula is C25H28F4N4O2. The monoisotopic (exact) mass is 492 g/mol. The molecular weight excluding hydrogens is 464 g/mol. The van der Waals surface area contributed by atoms with Gasteiger partial charge in [-0.15, -0.1) is 0 Å². The molecule has 2 heterocycles. The summed E-state index contributed by atoms with van der Waals surface area (Å²) in [5, 5.41) is 8.64. The van der Waals surface area contributed by atoms with Crippen LogP contribution < -0.4 is 20.9 Å². The van der Waals surface area contributed by atoms with Gasteiger partial charge in [0.1, 0.15) is 5.82 Å². The first-order valence-electron chi connectivity index (χ1n) is 11.6. The number of nitrogens with zero attached hydrogens (tertiary/aromatic N) is 1. The zero-order valence-electron chi connectivity index (χ0n) is 19.3. The maximum Gasteiger partial charge on any atom is 0.391 e. The van der Waals surface area contributed by atoms with Crippen molar-refractivity contribution in [2.45, 2.75) is 38.9 Å². The van der Waals surface area contributed by atoms with Crippen LogP contribution in [-0.4, -0.2) is 37.6 Å². The molecule has 2 saturated heterocycles. The molecule has 3 N–H and O–H groups in total. The lowest BCUT2D eigenvalue weighted by Gasteiger charge is -2.34. The number of nitrogens with one attached hydrogen (secondary N) is 3. The Bertz CT molecular complexity index is 1080. The summed E-state index contributed by atoms with van der Waals surface area (Å²) in [4.78, 5) is 25.1. The van der Waals surface area contributed by atoms with Gasteiger partial charge in [-0.2, -0.15) is 13.2 Å². The van der Waals surface area contributed by atoms with Gasteiger partial charge in [0.25, 0.3) is 0 Å². The number of benzene rings is 2. The van der Waals surface area contributed by atoms with E-state index >= 15 is 0 Å². The average Bonchev–Trinajstić information content (AvgIpc) is 3.26. The third-order valence-electron chi connectivity index (χ3n) is 6.64. The first-order chi connectivity index (χ1) is 16.6. The highest BCUT2D eigenvalue weighted by Gasteiger charge is 2.41. The van der Waals surface area contributed by atoms with Crippen molar-refractivity contribution in [3.8, 4) is 0 Å². The van der Waals surface area contributed by atoms with E-state index < -0.39 is 17.9 Å². The molecule has 1 unspecified atom stereocenters. The summed E-state index contributed by atoms with van der Waals surface area (Å²) in [6.45, 7) is 2.84. The zero-order chi connectivity index (χ0) is 25.2. The van der Waals surface area contributed by atoms with Crippen molar-refractivity contribution in [2.24, 2.45) is 11.8 Å². The fourth-order valence-electron chi connectivity index (χ4n) is 4.48. The van der Waals surface area contributed by atoms with Gasteiger partial charge in [0.05, 0.1) is 17.5 Å². The van der Waals surface area contributed by atoms with Crippen LogP contribution in [-0.2, 0) is 16.1 Å². The van der Waals surface area contributed by atoms with E-state index in [9.17, 15) is 27.2 Å². The predicted molar refractivity (Wildman–Crippen MR) is 125 cm³/mol. The normalized spacial score (nSPS) is 18.9. The maximum absolute atomic E-state index is 14.9. The largest absolute Gasteiger partial charge is 0.391 e. The van der Waals surface area contributed by atoms with Gasteiger partial charge >= 0.3 is 6.18 Å². The highest BCUT2D eigenvalue weighted by Crippen LogP contribution is 2.37. The van der Waals surface area contributed by atoms with Crippen molar-refractivity contribution in [3.05, 3.63) is 53.3 Å². The van der Waals surface area contributed by atoms with Gasteiger partial charge in [-0.1, -0.05) is 12.1 Å². The van der Waals surface area contributed by atoms with Crippen molar-refractivity contribution in [1.82, 2.24) is 10.6 Å². The van der Waals surface area contributed by atoms with Crippen molar-refractivity contribution in [1.29, 1.82) is 0 Å². The first-order valence-corrected chi connectivity index (χ1v) is 11.6. The highest BCUT2D eigenvalue weighted by molar-refractivity contribution is 5.89. The fraction of sp³-hybridized carbons (Fsp3) is 0.440.